The minimum atomic E-state index is -3.69. The molecule has 0 aliphatic carbocycles. The zero-order valence-electron chi connectivity index (χ0n) is 11.6. The van der Waals surface area contributed by atoms with E-state index in [2.05, 4.69) is 20.2 Å². The first-order valence-electron chi connectivity index (χ1n) is 6.31. The number of hydrogen-bond donors (Lipinski definition) is 3. The number of aromatic nitrogens is 2. The Balaban J connectivity index is 2.17. The van der Waals surface area contributed by atoms with Gasteiger partial charge in [0.25, 0.3) is 10.0 Å². The Morgan fingerprint density at radius 2 is 2.00 bits per heavy atom. The summed E-state index contributed by atoms with van der Waals surface area (Å²) in [6.45, 7) is 3.56. The van der Waals surface area contributed by atoms with Crippen LogP contribution in [0.15, 0.2) is 41.6 Å². The zero-order chi connectivity index (χ0) is 15.5. The summed E-state index contributed by atoms with van der Waals surface area (Å²) in [5.74, 6) is -0.291. The number of carbonyl (C=O) groups excluding carboxylic acids is 1. The number of aromatic amines is 1. The smallest absolute Gasteiger partial charge is 0.265 e. The summed E-state index contributed by atoms with van der Waals surface area (Å²) in [6, 6.07) is 6.50. The van der Waals surface area contributed by atoms with Crippen LogP contribution in [-0.2, 0) is 14.8 Å². The molecule has 2 aromatic rings. The normalized spacial score (nSPS) is 11.4. The van der Waals surface area contributed by atoms with E-state index in [4.69, 9.17) is 0 Å². The fourth-order valence-corrected chi connectivity index (χ4v) is 2.50. The molecule has 0 spiro atoms. The summed E-state index contributed by atoms with van der Waals surface area (Å²) in [6.07, 6.45) is 2.50. The van der Waals surface area contributed by atoms with Crippen molar-refractivity contribution in [1.82, 2.24) is 10.2 Å². The lowest BCUT2D eigenvalue weighted by atomic mass is 10.2. The lowest BCUT2D eigenvalue weighted by molar-refractivity contribution is -0.118. The summed E-state index contributed by atoms with van der Waals surface area (Å²) < 4.78 is 26.5. The standard InChI is InChI=1S/C13H16N4O3S/c1-9(2)13(18)16-10-4-3-5-11(6-10)17-21(19,20)12-7-14-15-8-12/h3-9,17H,1-2H3,(H,14,15)(H,16,18). The number of nitrogens with one attached hydrogen (secondary N) is 3. The van der Waals surface area contributed by atoms with Crippen LogP contribution in [0.3, 0.4) is 0 Å². The first kappa shape index (κ1) is 15.0. The number of anilines is 2. The third kappa shape index (κ3) is 3.82. The minimum absolute atomic E-state index is 0.0409. The Morgan fingerprint density at radius 1 is 1.29 bits per heavy atom. The highest BCUT2D eigenvalue weighted by atomic mass is 32.2. The third-order valence-corrected chi connectivity index (χ3v) is 4.04. The molecule has 0 atom stereocenters. The molecule has 0 saturated heterocycles. The van der Waals surface area contributed by atoms with Crippen LogP contribution in [0.25, 0.3) is 0 Å². The van der Waals surface area contributed by atoms with Gasteiger partial charge in [-0.15, -0.1) is 0 Å². The van der Waals surface area contributed by atoms with Gasteiger partial charge >= 0.3 is 0 Å². The number of benzene rings is 1. The summed E-state index contributed by atoms with van der Waals surface area (Å²) in [4.78, 5) is 11.7. The second-order valence-electron chi connectivity index (χ2n) is 4.76. The third-order valence-electron chi connectivity index (χ3n) is 2.69. The van der Waals surface area contributed by atoms with Gasteiger partial charge in [0, 0.05) is 17.8 Å². The van der Waals surface area contributed by atoms with E-state index in [-0.39, 0.29) is 16.7 Å². The van der Waals surface area contributed by atoms with Gasteiger partial charge in [-0.2, -0.15) is 5.10 Å². The van der Waals surface area contributed by atoms with E-state index in [9.17, 15) is 13.2 Å². The average molecular weight is 308 g/mol. The van der Waals surface area contributed by atoms with Crippen LogP contribution in [0.4, 0.5) is 11.4 Å². The molecule has 0 bridgehead atoms. The molecule has 0 aliphatic rings. The van der Waals surface area contributed by atoms with Crippen molar-refractivity contribution in [2.75, 3.05) is 10.0 Å². The van der Waals surface area contributed by atoms with Gasteiger partial charge in [0.2, 0.25) is 5.91 Å². The molecule has 1 aromatic heterocycles. The van der Waals surface area contributed by atoms with Gasteiger partial charge in [0.15, 0.2) is 0 Å². The largest absolute Gasteiger partial charge is 0.326 e. The van der Waals surface area contributed by atoms with E-state index in [1.807, 2.05) is 0 Å². The number of sulfonamides is 1. The van der Waals surface area contributed by atoms with Crippen molar-refractivity contribution in [2.45, 2.75) is 18.7 Å². The van der Waals surface area contributed by atoms with Gasteiger partial charge in [-0.25, -0.2) is 8.42 Å². The number of amides is 1. The molecular formula is C13H16N4O3S. The minimum Gasteiger partial charge on any atom is -0.326 e. The average Bonchev–Trinajstić information content (AvgIpc) is 2.93. The van der Waals surface area contributed by atoms with Crippen LogP contribution in [0, 0.1) is 5.92 Å². The van der Waals surface area contributed by atoms with E-state index in [0.717, 1.165) is 0 Å². The number of carbonyl (C=O) groups is 1. The zero-order valence-corrected chi connectivity index (χ0v) is 12.4. The molecule has 0 saturated carbocycles. The number of H-pyrrole nitrogens is 1. The van der Waals surface area contributed by atoms with Crippen molar-refractivity contribution in [3.63, 3.8) is 0 Å². The van der Waals surface area contributed by atoms with E-state index < -0.39 is 10.0 Å². The molecular weight excluding hydrogens is 292 g/mol. The number of rotatable bonds is 5. The molecule has 1 amide bonds. The van der Waals surface area contributed by atoms with Crippen LogP contribution in [0.1, 0.15) is 13.8 Å². The monoisotopic (exact) mass is 308 g/mol. The Labute approximate surface area is 122 Å². The Bertz CT molecular complexity index is 724. The first-order valence-corrected chi connectivity index (χ1v) is 7.79. The quantitative estimate of drug-likeness (QED) is 0.783. The number of nitrogens with zero attached hydrogens (tertiary/aromatic N) is 1. The molecule has 0 fully saturated rings. The molecule has 3 N–H and O–H groups in total. The topological polar surface area (TPSA) is 104 Å². The molecule has 8 heteroatoms. The predicted octanol–water partition coefficient (Wildman–Crippen LogP) is 1.80. The van der Waals surface area contributed by atoms with Gasteiger partial charge in [-0.05, 0) is 18.2 Å². The Morgan fingerprint density at radius 3 is 2.62 bits per heavy atom. The highest BCUT2D eigenvalue weighted by molar-refractivity contribution is 7.92. The maximum atomic E-state index is 12.0. The van der Waals surface area contributed by atoms with Gasteiger partial charge < -0.3 is 5.32 Å². The maximum Gasteiger partial charge on any atom is 0.265 e. The van der Waals surface area contributed by atoms with Crippen molar-refractivity contribution in [3.05, 3.63) is 36.7 Å². The van der Waals surface area contributed by atoms with Crippen LogP contribution in [0.2, 0.25) is 0 Å². The van der Waals surface area contributed by atoms with Gasteiger partial charge in [-0.3, -0.25) is 14.6 Å². The van der Waals surface area contributed by atoms with Crippen LogP contribution < -0.4 is 10.0 Å². The second kappa shape index (κ2) is 5.96. The first-order chi connectivity index (χ1) is 9.88. The number of hydrogen-bond acceptors (Lipinski definition) is 4. The molecule has 0 unspecified atom stereocenters. The van der Waals surface area contributed by atoms with Crippen molar-refractivity contribution in [3.8, 4) is 0 Å². The van der Waals surface area contributed by atoms with Crippen molar-refractivity contribution < 1.29 is 13.2 Å². The predicted molar refractivity (Wildman–Crippen MR) is 79.3 cm³/mol. The highest BCUT2D eigenvalue weighted by Gasteiger charge is 2.15. The fraction of sp³-hybridized carbons (Fsp3) is 0.231. The van der Waals surface area contributed by atoms with Crippen LogP contribution in [0.5, 0.6) is 0 Å². The molecule has 7 nitrogen and oxygen atoms in total. The Hall–Kier alpha value is -2.35. The second-order valence-corrected chi connectivity index (χ2v) is 6.45. The summed E-state index contributed by atoms with van der Waals surface area (Å²) in [5.41, 5.74) is 0.888. The summed E-state index contributed by atoms with van der Waals surface area (Å²) >= 11 is 0. The van der Waals surface area contributed by atoms with Crippen molar-refractivity contribution in [1.29, 1.82) is 0 Å². The molecule has 2 rings (SSSR count). The van der Waals surface area contributed by atoms with Gasteiger partial charge in [-0.1, -0.05) is 19.9 Å². The van der Waals surface area contributed by atoms with Crippen LogP contribution in [-0.4, -0.2) is 24.5 Å². The van der Waals surface area contributed by atoms with Gasteiger partial charge in [0.05, 0.1) is 11.9 Å². The van der Waals surface area contributed by atoms with Crippen molar-refractivity contribution in [2.24, 2.45) is 5.92 Å². The Kier molecular flexibility index (Phi) is 4.27. The molecule has 0 radical (unpaired) electrons. The lowest BCUT2D eigenvalue weighted by Gasteiger charge is -2.10. The van der Waals surface area contributed by atoms with Gasteiger partial charge in [0.1, 0.15) is 4.90 Å². The molecule has 1 aromatic carbocycles. The molecule has 21 heavy (non-hydrogen) atoms. The maximum absolute atomic E-state index is 12.0. The van der Waals surface area contributed by atoms with Crippen LogP contribution >= 0.6 is 0 Å². The van der Waals surface area contributed by atoms with E-state index in [1.54, 1.807) is 38.1 Å². The van der Waals surface area contributed by atoms with E-state index >= 15 is 0 Å². The SMILES string of the molecule is CC(C)C(=O)Nc1cccc(NS(=O)(=O)c2cn[nH]c2)c1. The fourth-order valence-electron chi connectivity index (χ4n) is 1.55. The van der Waals surface area contributed by atoms with E-state index in [0.29, 0.717) is 11.4 Å². The molecule has 0 aliphatic heterocycles. The summed E-state index contributed by atoms with van der Waals surface area (Å²) in [7, 11) is -3.69. The lowest BCUT2D eigenvalue weighted by Crippen LogP contribution is -2.18. The van der Waals surface area contributed by atoms with E-state index in [1.165, 1.54) is 12.4 Å². The molecule has 112 valence electrons. The highest BCUT2D eigenvalue weighted by Crippen LogP contribution is 2.19. The summed E-state index contributed by atoms with van der Waals surface area (Å²) in [5, 5.41) is 8.76. The van der Waals surface area contributed by atoms with Crippen molar-refractivity contribution >= 4 is 27.3 Å². The molecule has 1 heterocycles.